The average Bonchev–Trinajstić information content (AvgIpc) is 3.47. The van der Waals surface area contributed by atoms with Crippen LogP contribution in [0, 0.1) is 11.2 Å². The zero-order valence-electron chi connectivity index (χ0n) is 26.4. The second-order valence-corrected chi connectivity index (χ2v) is 13.8. The molecule has 11 heteroatoms. The van der Waals surface area contributed by atoms with Crippen molar-refractivity contribution in [2.75, 3.05) is 24.4 Å². The zero-order chi connectivity index (χ0) is 33.4. The monoisotopic (exact) mass is 669 g/mol. The minimum Gasteiger partial charge on any atom is -0.491 e. The first-order valence-corrected chi connectivity index (χ1v) is 16.0. The fraction of sp³-hybridized carbons (Fsp3) is 0.400. The summed E-state index contributed by atoms with van der Waals surface area (Å²) in [6.07, 6.45) is 2.11. The quantitative estimate of drug-likeness (QED) is 0.161. The van der Waals surface area contributed by atoms with Gasteiger partial charge in [-0.1, -0.05) is 75.5 Å². The van der Waals surface area contributed by atoms with Crippen molar-refractivity contribution in [1.82, 2.24) is 5.32 Å². The third-order valence-corrected chi connectivity index (χ3v) is 9.16. The Kier molecular flexibility index (Phi) is 9.68. The molecule has 5 rings (SSSR count). The van der Waals surface area contributed by atoms with Gasteiger partial charge >= 0.3 is 5.97 Å². The maximum atomic E-state index is 16.1. The molecule has 1 spiro atoms. The first-order chi connectivity index (χ1) is 21.8. The van der Waals surface area contributed by atoms with Gasteiger partial charge in [0, 0.05) is 22.7 Å². The van der Waals surface area contributed by atoms with Crippen LogP contribution in [0.5, 0.6) is 5.75 Å². The van der Waals surface area contributed by atoms with Gasteiger partial charge in [-0.05, 0) is 65.8 Å². The van der Waals surface area contributed by atoms with Gasteiger partial charge in [-0.2, -0.15) is 0 Å². The molecule has 0 radical (unpaired) electrons. The molecule has 0 aliphatic carbocycles. The van der Waals surface area contributed by atoms with Crippen molar-refractivity contribution < 1.29 is 28.2 Å². The number of ether oxygens (including phenoxy) is 2. The number of rotatable bonds is 9. The summed E-state index contributed by atoms with van der Waals surface area (Å²) in [6.45, 7) is 8.51. The van der Waals surface area contributed by atoms with Crippen LogP contribution in [0.2, 0.25) is 10.0 Å². The van der Waals surface area contributed by atoms with Gasteiger partial charge in [0.1, 0.15) is 17.0 Å². The van der Waals surface area contributed by atoms with Crippen LogP contribution in [0.15, 0.2) is 54.6 Å². The maximum absolute atomic E-state index is 16.1. The molecule has 3 aromatic rings. The highest BCUT2D eigenvalue weighted by molar-refractivity contribution is 6.31. The molecule has 3 aromatic carbocycles. The summed E-state index contributed by atoms with van der Waals surface area (Å²) < 4.78 is 26.9. The van der Waals surface area contributed by atoms with Gasteiger partial charge in [-0.3, -0.25) is 9.59 Å². The van der Waals surface area contributed by atoms with Gasteiger partial charge in [0.05, 0.1) is 36.0 Å². The lowest BCUT2D eigenvalue weighted by molar-refractivity contribution is -0.122. The molecule has 244 valence electrons. The highest BCUT2D eigenvalue weighted by Gasteiger charge is 2.66. The van der Waals surface area contributed by atoms with E-state index >= 15 is 4.39 Å². The molecule has 1 fully saturated rings. The number of halogens is 3. The van der Waals surface area contributed by atoms with Crippen LogP contribution in [0.4, 0.5) is 15.8 Å². The van der Waals surface area contributed by atoms with E-state index in [0.717, 1.165) is 12.8 Å². The Morgan fingerprint density at radius 2 is 1.85 bits per heavy atom. The van der Waals surface area contributed by atoms with Crippen LogP contribution in [0.25, 0.3) is 0 Å². The van der Waals surface area contributed by atoms with E-state index in [2.05, 4.69) is 16.0 Å². The largest absolute Gasteiger partial charge is 0.491 e. The smallest absolute Gasteiger partial charge is 0.337 e. The molecule has 2 amide bonds. The first kappa shape index (κ1) is 33.7. The van der Waals surface area contributed by atoms with Crippen LogP contribution < -0.4 is 20.7 Å². The van der Waals surface area contributed by atoms with E-state index in [9.17, 15) is 14.4 Å². The Labute approximate surface area is 278 Å². The molecule has 2 aliphatic rings. The van der Waals surface area contributed by atoms with Gasteiger partial charge in [0.15, 0.2) is 0 Å². The number of fused-ring (bicyclic) bond motifs is 2. The molecule has 46 heavy (non-hydrogen) atoms. The van der Waals surface area contributed by atoms with E-state index in [-0.39, 0.29) is 33.2 Å². The molecular weight excluding hydrogens is 632 g/mol. The number of unbranched alkanes of at least 4 members (excludes halogenated alkanes) is 1. The molecule has 0 aromatic heterocycles. The summed E-state index contributed by atoms with van der Waals surface area (Å²) in [5.41, 5.74) is 0.160. The predicted molar refractivity (Wildman–Crippen MR) is 178 cm³/mol. The van der Waals surface area contributed by atoms with Gasteiger partial charge in [-0.15, -0.1) is 0 Å². The van der Waals surface area contributed by atoms with Crippen LogP contribution in [-0.4, -0.2) is 43.6 Å². The van der Waals surface area contributed by atoms with E-state index in [0.29, 0.717) is 35.0 Å². The van der Waals surface area contributed by atoms with Crippen molar-refractivity contribution in [2.24, 2.45) is 5.41 Å². The first-order valence-electron chi connectivity index (χ1n) is 15.3. The standard InChI is InChI=1S/C35H38Cl2FN3O5/c1-6-7-15-46-26-16-19(32(43)45-5)11-14-24(26)39-31(42)30-28(21-9-8-10-23(37)29(21)38)35(27(41-30)18-34(2,3)4)22-13-12-20(36)17-25(22)40-33(35)44/h8-14,16-17,27-28,30,41H,6-7,15,18H2,1-5H3,(H,39,42)(H,40,44)/t27-,28-,30+,35?/m0/s1. The number of amides is 2. The number of carbonyl (C=O) groups is 3. The van der Waals surface area contributed by atoms with Gasteiger partial charge in [-0.25, -0.2) is 9.18 Å². The fourth-order valence-corrected chi connectivity index (χ4v) is 7.03. The van der Waals surface area contributed by atoms with E-state index in [1.54, 1.807) is 36.4 Å². The summed E-state index contributed by atoms with van der Waals surface area (Å²) in [5.74, 6) is -2.86. The molecule has 0 bridgehead atoms. The molecule has 2 heterocycles. The van der Waals surface area contributed by atoms with E-state index in [1.165, 1.54) is 25.3 Å². The molecule has 0 saturated carbocycles. The fourth-order valence-electron chi connectivity index (χ4n) is 6.68. The third kappa shape index (κ3) is 6.20. The van der Waals surface area contributed by atoms with Crippen molar-refractivity contribution in [3.8, 4) is 5.75 Å². The van der Waals surface area contributed by atoms with Crippen LogP contribution in [-0.2, 0) is 19.7 Å². The lowest BCUT2D eigenvalue weighted by atomic mass is 9.62. The summed E-state index contributed by atoms with van der Waals surface area (Å²) in [7, 11) is 1.28. The van der Waals surface area contributed by atoms with Crippen molar-refractivity contribution in [3.05, 3.63) is 87.2 Å². The van der Waals surface area contributed by atoms with E-state index in [1.807, 2.05) is 27.7 Å². The van der Waals surface area contributed by atoms with Gasteiger partial charge in [0.2, 0.25) is 11.8 Å². The number of esters is 1. The predicted octanol–water partition coefficient (Wildman–Crippen LogP) is 7.49. The topological polar surface area (TPSA) is 106 Å². The van der Waals surface area contributed by atoms with E-state index in [4.69, 9.17) is 32.7 Å². The van der Waals surface area contributed by atoms with Crippen molar-refractivity contribution in [2.45, 2.75) is 70.4 Å². The summed E-state index contributed by atoms with van der Waals surface area (Å²) >= 11 is 12.6. The Hall–Kier alpha value is -3.66. The van der Waals surface area contributed by atoms with Crippen LogP contribution in [0.3, 0.4) is 0 Å². The van der Waals surface area contributed by atoms with Crippen molar-refractivity contribution in [1.29, 1.82) is 0 Å². The van der Waals surface area contributed by atoms with Crippen LogP contribution in [0.1, 0.15) is 74.4 Å². The zero-order valence-corrected chi connectivity index (χ0v) is 27.9. The van der Waals surface area contributed by atoms with Crippen LogP contribution >= 0.6 is 23.2 Å². The number of hydrogen-bond acceptors (Lipinski definition) is 6. The summed E-state index contributed by atoms with van der Waals surface area (Å²) in [5, 5.41) is 9.70. The number of carbonyl (C=O) groups excluding carboxylic acids is 3. The maximum Gasteiger partial charge on any atom is 0.337 e. The highest BCUT2D eigenvalue weighted by atomic mass is 35.5. The Morgan fingerprint density at radius 1 is 1.09 bits per heavy atom. The number of anilines is 2. The number of methoxy groups -OCH3 is 1. The van der Waals surface area contributed by atoms with Gasteiger partial charge in [0.25, 0.3) is 0 Å². The van der Waals surface area contributed by atoms with Gasteiger partial charge < -0.3 is 25.4 Å². The van der Waals surface area contributed by atoms with Crippen molar-refractivity contribution >= 4 is 52.4 Å². The Morgan fingerprint density at radius 3 is 2.54 bits per heavy atom. The molecule has 1 unspecified atom stereocenters. The highest BCUT2D eigenvalue weighted by Crippen LogP contribution is 2.57. The minimum absolute atomic E-state index is 0.120. The Balaban J connectivity index is 1.66. The molecule has 8 nitrogen and oxygen atoms in total. The van der Waals surface area contributed by atoms with E-state index < -0.39 is 41.1 Å². The Bertz CT molecular complexity index is 1680. The second-order valence-electron chi connectivity index (χ2n) is 13.0. The minimum atomic E-state index is -1.39. The molecule has 4 atom stereocenters. The summed E-state index contributed by atoms with van der Waals surface area (Å²) in [4.78, 5) is 41.1. The summed E-state index contributed by atoms with van der Waals surface area (Å²) in [6, 6.07) is 12.7. The lowest BCUT2D eigenvalue weighted by Crippen LogP contribution is -2.49. The normalized spacial score (nSPS) is 22.0. The number of hydrogen-bond donors (Lipinski definition) is 3. The second kappa shape index (κ2) is 13.2. The number of benzene rings is 3. The lowest BCUT2D eigenvalue weighted by Gasteiger charge is -2.37. The van der Waals surface area contributed by atoms with Crippen molar-refractivity contribution in [3.63, 3.8) is 0 Å². The molecule has 2 aliphatic heterocycles. The molecular formula is C35H38Cl2FN3O5. The average molecular weight is 671 g/mol. The molecule has 3 N–H and O–H groups in total. The third-order valence-electron chi connectivity index (χ3n) is 8.64. The molecule has 1 saturated heterocycles. The number of nitrogens with one attached hydrogen (secondary N) is 3. The SMILES string of the molecule is CCCCOc1cc(C(=O)OC)ccc1NC(=O)[C@@H]1N[C@@H](CC(C)(C)C)C2(C(=O)Nc3cc(Cl)ccc32)[C@H]1c1cccc(Cl)c1F.